The second-order valence-corrected chi connectivity index (χ2v) is 6.72. The number of ether oxygens (including phenoxy) is 3. The number of likely N-dealkylation sites (tertiary alicyclic amines) is 1. The summed E-state index contributed by atoms with van der Waals surface area (Å²) in [7, 11) is 1.58. The molecule has 1 atom stereocenters. The Bertz CT molecular complexity index is 982. The first-order chi connectivity index (χ1) is 13.9. The molecule has 0 aliphatic carbocycles. The number of nitrogens with zero attached hydrogens (tertiary/aromatic N) is 1. The Morgan fingerprint density at radius 2 is 1.93 bits per heavy atom. The van der Waals surface area contributed by atoms with Crippen LogP contribution in [0.3, 0.4) is 0 Å². The number of hydrogen-bond donors (Lipinski definition) is 1. The molecule has 2 aromatic carbocycles. The Kier molecular flexibility index (Phi) is 4.96. The van der Waals surface area contributed by atoms with E-state index < -0.39 is 17.7 Å². The van der Waals surface area contributed by atoms with Crippen LogP contribution >= 0.6 is 0 Å². The quantitative estimate of drug-likeness (QED) is 0.848. The SMILES string of the molecule is CN1C(=O)CC[C@@H]1C(=O)Nc1cc(Oc2ccc(F)c(F)c2)cc2c1OCCO2. The average Bonchev–Trinajstić information content (AvgIpc) is 3.03. The highest BCUT2D eigenvalue weighted by atomic mass is 19.2. The fraction of sp³-hybridized carbons (Fsp3) is 0.300. The molecule has 7 nitrogen and oxygen atoms in total. The van der Waals surface area contributed by atoms with E-state index in [-0.39, 0.29) is 23.3 Å². The number of halogens is 2. The summed E-state index contributed by atoms with van der Waals surface area (Å²) in [5, 5.41) is 2.76. The number of hydrogen-bond acceptors (Lipinski definition) is 5. The number of benzene rings is 2. The zero-order valence-electron chi connectivity index (χ0n) is 15.5. The maximum Gasteiger partial charge on any atom is 0.247 e. The van der Waals surface area contributed by atoms with Gasteiger partial charge in [0.25, 0.3) is 0 Å². The van der Waals surface area contributed by atoms with Crippen LogP contribution in [0, 0.1) is 11.6 Å². The van der Waals surface area contributed by atoms with Crippen LogP contribution in [0.2, 0.25) is 0 Å². The second-order valence-electron chi connectivity index (χ2n) is 6.72. The van der Waals surface area contributed by atoms with E-state index in [1.165, 1.54) is 23.1 Å². The Balaban J connectivity index is 1.62. The lowest BCUT2D eigenvalue weighted by atomic mass is 10.2. The van der Waals surface area contributed by atoms with E-state index in [4.69, 9.17) is 14.2 Å². The summed E-state index contributed by atoms with van der Waals surface area (Å²) in [6, 6.07) is 5.62. The van der Waals surface area contributed by atoms with Gasteiger partial charge in [-0.2, -0.15) is 0 Å². The monoisotopic (exact) mass is 404 g/mol. The van der Waals surface area contributed by atoms with Crippen LogP contribution in [0.15, 0.2) is 30.3 Å². The third kappa shape index (κ3) is 3.80. The van der Waals surface area contributed by atoms with Gasteiger partial charge in [-0.05, 0) is 18.6 Å². The number of anilines is 1. The van der Waals surface area contributed by atoms with E-state index in [9.17, 15) is 18.4 Å². The van der Waals surface area contributed by atoms with Crippen molar-refractivity contribution < 1.29 is 32.6 Å². The number of nitrogens with one attached hydrogen (secondary N) is 1. The fourth-order valence-corrected chi connectivity index (χ4v) is 3.28. The van der Waals surface area contributed by atoms with Crippen LogP contribution in [-0.4, -0.2) is 43.0 Å². The molecule has 2 aliphatic heterocycles. The summed E-state index contributed by atoms with van der Waals surface area (Å²) in [6.07, 6.45) is 0.733. The zero-order chi connectivity index (χ0) is 20.5. The first-order valence-corrected chi connectivity index (χ1v) is 9.05. The lowest BCUT2D eigenvalue weighted by Gasteiger charge is -2.24. The number of amides is 2. The summed E-state index contributed by atoms with van der Waals surface area (Å²) >= 11 is 0. The van der Waals surface area contributed by atoms with Gasteiger partial charge in [-0.15, -0.1) is 0 Å². The molecule has 0 saturated carbocycles. The molecule has 2 amide bonds. The van der Waals surface area contributed by atoms with Gasteiger partial charge in [-0.3, -0.25) is 9.59 Å². The summed E-state index contributed by atoms with van der Waals surface area (Å²) in [6.45, 7) is 0.621. The van der Waals surface area contributed by atoms with E-state index in [0.29, 0.717) is 43.2 Å². The molecule has 29 heavy (non-hydrogen) atoms. The molecule has 2 aliphatic rings. The van der Waals surface area contributed by atoms with E-state index in [1.807, 2.05) is 0 Å². The molecule has 1 N–H and O–H groups in total. The van der Waals surface area contributed by atoms with Gasteiger partial charge in [0.15, 0.2) is 23.1 Å². The van der Waals surface area contributed by atoms with Crippen molar-refractivity contribution in [2.45, 2.75) is 18.9 Å². The highest BCUT2D eigenvalue weighted by Gasteiger charge is 2.34. The van der Waals surface area contributed by atoms with Gasteiger partial charge >= 0.3 is 0 Å². The van der Waals surface area contributed by atoms with Gasteiger partial charge in [0.2, 0.25) is 11.8 Å². The van der Waals surface area contributed by atoms with Gasteiger partial charge in [0.1, 0.15) is 30.8 Å². The molecular weight excluding hydrogens is 386 g/mol. The number of likely N-dealkylation sites (N-methyl/N-ethyl adjacent to an activating group) is 1. The summed E-state index contributed by atoms with van der Waals surface area (Å²) in [5.74, 6) is -1.46. The highest BCUT2D eigenvalue weighted by molar-refractivity contribution is 6.00. The maximum atomic E-state index is 13.5. The zero-order valence-corrected chi connectivity index (χ0v) is 15.5. The third-order valence-corrected chi connectivity index (χ3v) is 4.80. The molecule has 152 valence electrons. The lowest BCUT2D eigenvalue weighted by molar-refractivity contribution is -0.131. The minimum absolute atomic E-state index is 0.0824. The van der Waals surface area contributed by atoms with Crippen molar-refractivity contribution in [3.05, 3.63) is 42.0 Å². The van der Waals surface area contributed by atoms with Crippen LogP contribution in [0.1, 0.15) is 12.8 Å². The van der Waals surface area contributed by atoms with E-state index in [2.05, 4.69) is 5.32 Å². The topological polar surface area (TPSA) is 77.1 Å². The second kappa shape index (κ2) is 7.57. The van der Waals surface area contributed by atoms with Crippen LogP contribution in [0.25, 0.3) is 0 Å². The number of carbonyl (C=O) groups is 2. The predicted molar refractivity (Wildman–Crippen MR) is 98.3 cm³/mol. The number of fused-ring (bicyclic) bond motifs is 1. The number of rotatable bonds is 4. The Morgan fingerprint density at radius 3 is 2.66 bits per heavy atom. The molecule has 9 heteroatoms. The molecule has 2 aromatic rings. The lowest BCUT2D eigenvalue weighted by Crippen LogP contribution is -2.39. The molecule has 0 spiro atoms. The first-order valence-electron chi connectivity index (χ1n) is 9.05. The summed E-state index contributed by atoms with van der Waals surface area (Å²) in [4.78, 5) is 25.8. The Labute approximate surface area is 165 Å². The minimum Gasteiger partial charge on any atom is -0.486 e. The van der Waals surface area contributed by atoms with Gasteiger partial charge < -0.3 is 24.4 Å². The van der Waals surface area contributed by atoms with Gasteiger partial charge in [0, 0.05) is 31.7 Å². The number of carbonyl (C=O) groups excluding carboxylic acids is 2. The molecule has 0 radical (unpaired) electrons. The fourth-order valence-electron chi connectivity index (χ4n) is 3.28. The highest BCUT2D eigenvalue weighted by Crippen LogP contribution is 2.42. The molecule has 0 aromatic heterocycles. The smallest absolute Gasteiger partial charge is 0.247 e. The van der Waals surface area contributed by atoms with Crippen molar-refractivity contribution in [2.24, 2.45) is 0 Å². The van der Waals surface area contributed by atoms with Gasteiger partial charge in [0.05, 0.1) is 5.69 Å². The molecule has 4 rings (SSSR count). The summed E-state index contributed by atoms with van der Waals surface area (Å²) < 4.78 is 43.4. The maximum absolute atomic E-state index is 13.5. The molecular formula is C20H18F2N2O5. The predicted octanol–water partition coefficient (Wildman–Crippen LogP) is 3.09. The van der Waals surface area contributed by atoms with Crippen LogP contribution < -0.4 is 19.5 Å². The van der Waals surface area contributed by atoms with E-state index in [1.54, 1.807) is 7.05 Å². The van der Waals surface area contributed by atoms with E-state index in [0.717, 1.165) is 12.1 Å². The van der Waals surface area contributed by atoms with E-state index >= 15 is 0 Å². The molecule has 0 bridgehead atoms. The van der Waals surface area contributed by atoms with Crippen LogP contribution in [0.5, 0.6) is 23.0 Å². The minimum atomic E-state index is -1.04. The van der Waals surface area contributed by atoms with Crippen molar-refractivity contribution in [2.75, 3.05) is 25.6 Å². The Hall–Kier alpha value is -3.36. The van der Waals surface area contributed by atoms with Crippen molar-refractivity contribution in [1.29, 1.82) is 0 Å². The molecule has 2 heterocycles. The van der Waals surface area contributed by atoms with Crippen LogP contribution in [-0.2, 0) is 9.59 Å². The van der Waals surface area contributed by atoms with Gasteiger partial charge in [-0.1, -0.05) is 0 Å². The largest absolute Gasteiger partial charge is 0.486 e. The Morgan fingerprint density at radius 1 is 1.14 bits per heavy atom. The normalized spacial score (nSPS) is 18.0. The molecule has 1 fully saturated rings. The summed E-state index contributed by atoms with van der Waals surface area (Å²) in [5.41, 5.74) is 0.303. The van der Waals surface area contributed by atoms with Gasteiger partial charge in [-0.25, -0.2) is 8.78 Å². The van der Waals surface area contributed by atoms with Crippen LogP contribution in [0.4, 0.5) is 14.5 Å². The third-order valence-electron chi connectivity index (χ3n) is 4.80. The molecule has 0 unspecified atom stereocenters. The van der Waals surface area contributed by atoms with Crippen molar-refractivity contribution >= 4 is 17.5 Å². The average molecular weight is 404 g/mol. The first kappa shape index (κ1) is 19.0. The van der Waals surface area contributed by atoms with Crippen molar-refractivity contribution in [1.82, 2.24) is 4.90 Å². The van der Waals surface area contributed by atoms with Crippen molar-refractivity contribution in [3.63, 3.8) is 0 Å². The standard InChI is InChI=1S/C20H18F2N2O5/c1-24-16(4-5-18(24)25)20(26)23-15-9-12(10-17-19(15)28-7-6-27-17)29-11-2-3-13(21)14(22)8-11/h2-3,8-10,16H,4-7H2,1H3,(H,23,26)/t16-/m1/s1. The van der Waals surface area contributed by atoms with Crippen molar-refractivity contribution in [3.8, 4) is 23.0 Å². The molecule has 1 saturated heterocycles.